The van der Waals surface area contributed by atoms with Crippen LogP contribution < -0.4 is 5.32 Å². The van der Waals surface area contributed by atoms with Crippen molar-refractivity contribution in [3.63, 3.8) is 0 Å². The van der Waals surface area contributed by atoms with Gasteiger partial charge in [-0.15, -0.1) is 0 Å². The number of benzene rings is 2. The average molecular weight is 518 g/mol. The van der Waals surface area contributed by atoms with E-state index in [1.54, 1.807) is 42.5 Å². The van der Waals surface area contributed by atoms with Gasteiger partial charge >= 0.3 is 0 Å². The monoisotopic (exact) mass is 517 g/mol. The van der Waals surface area contributed by atoms with E-state index in [1.165, 1.54) is 9.80 Å². The molecule has 0 saturated heterocycles. The number of imide groups is 1. The topological polar surface area (TPSA) is 86.8 Å². The summed E-state index contributed by atoms with van der Waals surface area (Å²) in [6.45, 7) is 4.57. The highest BCUT2D eigenvalue weighted by atomic mass is 35.5. The Labute approximate surface area is 215 Å². The molecule has 0 spiro atoms. The van der Waals surface area contributed by atoms with Gasteiger partial charge in [0.15, 0.2) is 0 Å². The van der Waals surface area contributed by atoms with Gasteiger partial charge < -0.3 is 10.2 Å². The van der Waals surface area contributed by atoms with Crippen LogP contribution in [-0.2, 0) is 16.1 Å². The van der Waals surface area contributed by atoms with Crippen molar-refractivity contribution in [2.24, 2.45) is 0 Å². The first-order valence-corrected chi connectivity index (χ1v) is 12.5. The summed E-state index contributed by atoms with van der Waals surface area (Å²) in [4.78, 5) is 54.1. The number of rotatable bonds is 11. The number of nitrogens with zero attached hydrogens (tertiary/aromatic N) is 2. The summed E-state index contributed by atoms with van der Waals surface area (Å²) in [5.74, 6) is -1.19. The third-order valence-corrected chi connectivity index (χ3v) is 6.53. The zero-order valence-electron chi connectivity index (χ0n) is 19.9. The van der Waals surface area contributed by atoms with Crippen LogP contribution >= 0.6 is 23.2 Å². The van der Waals surface area contributed by atoms with Crippen molar-refractivity contribution in [2.75, 3.05) is 13.1 Å². The smallest absolute Gasteiger partial charge is 0.261 e. The number of carbonyl (C=O) groups excluding carboxylic acids is 4. The van der Waals surface area contributed by atoms with Gasteiger partial charge in [0, 0.05) is 36.1 Å². The number of hydrogen-bond acceptors (Lipinski definition) is 4. The lowest BCUT2D eigenvalue weighted by Crippen LogP contribution is -2.49. The van der Waals surface area contributed by atoms with Crippen molar-refractivity contribution in [3.8, 4) is 0 Å². The maximum atomic E-state index is 13.3. The Morgan fingerprint density at radius 1 is 1.03 bits per heavy atom. The van der Waals surface area contributed by atoms with Crippen molar-refractivity contribution in [2.45, 2.75) is 52.1 Å². The lowest BCUT2D eigenvalue weighted by atomic mass is 10.1. The highest BCUT2D eigenvalue weighted by Crippen LogP contribution is 2.25. The molecule has 7 nitrogen and oxygen atoms in total. The van der Waals surface area contributed by atoms with Crippen LogP contribution in [-0.4, -0.2) is 52.6 Å². The fourth-order valence-electron chi connectivity index (χ4n) is 4.09. The first-order chi connectivity index (χ1) is 16.8. The van der Waals surface area contributed by atoms with Gasteiger partial charge in [0.1, 0.15) is 6.04 Å². The first kappa shape index (κ1) is 26.7. The second-order valence-electron chi connectivity index (χ2n) is 8.38. The molecule has 1 unspecified atom stereocenters. The van der Waals surface area contributed by atoms with Gasteiger partial charge in [0.25, 0.3) is 11.8 Å². The Morgan fingerprint density at radius 2 is 1.69 bits per heavy atom. The van der Waals surface area contributed by atoms with E-state index in [9.17, 15) is 19.2 Å². The Balaban J connectivity index is 1.72. The summed E-state index contributed by atoms with van der Waals surface area (Å²) in [5, 5.41) is 3.75. The lowest BCUT2D eigenvalue weighted by Gasteiger charge is -2.31. The van der Waals surface area contributed by atoms with Gasteiger partial charge in [-0.2, -0.15) is 0 Å². The highest BCUT2D eigenvalue weighted by Gasteiger charge is 2.35. The molecular weight excluding hydrogens is 489 g/mol. The summed E-state index contributed by atoms with van der Waals surface area (Å²) in [6, 6.07) is 11.0. The Hall–Kier alpha value is -2.90. The summed E-state index contributed by atoms with van der Waals surface area (Å²) < 4.78 is 0. The molecule has 1 heterocycles. The number of carbonyl (C=O) groups is 4. The molecule has 0 aliphatic carbocycles. The quantitative estimate of drug-likeness (QED) is 0.437. The first-order valence-electron chi connectivity index (χ1n) is 11.7. The van der Waals surface area contributed by atoms with E-state index in [2.05, 4.69) is 5.32 Å². The van der Waals surface area contributed by atoms with Gasteiger partial charge in [-0.25, -0.2) is 0 Å². The fraction of sp³-hybridized carbons (Fsp3) is 0.385. The SMILES string of the molecule is CCCNC(=O)C(CC)N(Cc1ccc(Cl)cc1Cl)C(=O)CCCN1C(=O)c2ccccc2C1=O. The molecule has 2 aromatic carbocycles. The van der Waals surface area contributed by atoms with Crippen LogP contribution in [0, 0.1) is 0 Å². The molecule has 0 fully saturated rings. The van der Waals surface area contributed by atoms with Crippen molar-refractivity contribution >= 4 is 46.8 Å². The van der Waals surface area contributed by atoms with E-state index in [0.29, 0.717) is 39.7 Å². The van der Waals surface area contributed by atoms with E-state index in [4.69, 9.17) is 23.2 Å². The molecule has 1 aliphatic heterocycles. The average Bonchev–Trinajstić information content (AvgIpc) is 3.08. The normalized spacial score (nSPS) is 13.5. The zero-order chi connectivity index (χ0) is 25.5. The summed E-state index contributed by atoms with van der Waals surface area (Å²) in [7, 11) is 0. The zero-order valence-corrected chi connectivity index (χ0v) is 21.4. The number of nitrogens with one attached hydrogen (secondary N) is 1. The lowest BCUT2D eigenvalue weighted by molar-refractivity contribution is -0.141. The molecule has 0 saturated carbocycles. The van der Waals surface area contributed by atoms with Gasteiger partial charge in [-0.3, -0.25) is 24.1 Å². The van der Waals surface area contributed by atoms with Crippen molar-refractivity contribution in [1.82, 2.24) is 15.1 Å². The van der Waals surface area contributed by atoms with Crippen LogP contribution in [0.3, 0.4) is 0 Å². The molecule has 1 aliphatic rings. The van der Waals surface area contributed by atoms with Gasteiger partial charge in [-0.1, -0.05) is 55.2 Å². The van der Waals surface area contributed by atoms with Crippen LogP contribution in [0.5, 0.6) is 0 Å². The molecule has 1 N–H and O–H groups in total. The predicted molar refractivity (Wildman–Crippen MR) is 135 cm³/mol. The third-order valence-electron chi connectivity index (χ3n) is 5.94. The van der Waals surface area contributed by atoms with Crippen LogP contribution in [0.1, 0.15) is 65.8 Å². The van der Waals surface area contributed by atoms with Gasteiger partial charge in [0.2, 0.25) is 11.8 Å². The molecule has 4 amide bonds. The summed E-state index contributed by atoms with van der Waals surface area (Å²) >= 11 is 12.4. The molecular formula is C26H29Cl2N3O4. The van der Waals surface area contributed by atoms with Gasteiger partial charge in [0.05, 0.1) is 11.1 Å². The number of halogens is 2. The van der Waals surface area contributed by atoms with Crippen LogP contribution in [0.25, 0.3) is 0 Å². The minimum Gasteiger partial charge on any atom is -0.354 e. The van der Waals surface area contributed by atoms with Crippen molar-refractivity contribution in [1.29, 1.82) is 0 Å². The van der Waals surface area contributed by atoms with Crippen LogP contribution in [0.2, 0.25) is 10.0 Å². The van der Waals surface area contributed by atoms with E-state index in [0.717, 1.165) is 6.42 Å². The Bertz CT molecular complexity index is 1090. The van der Waals surface area contributed by atoms with E-state index in [-0.39, 0.29) is 49.6 Å². The molecule has 3 rings (SSSR count). The van der Waals surface area contributed by atoms with Gasteiger partial charge in [-0.05, 0) is 49.1 Å². The second-order valence-corrected chi connectivity index (χ2v) is 9.23. The Morgan fingerprint density at radius 3 is 2.26 bits per heavy atom. The number of hydrogen-bond donors (Lipinski definition) is 1. The van der Waals surface area contributed by atoms with E-state index in [1.807, 2.05) is 13.8 Å². The van der Waals surface area contributed by atoms with Crippen molar-refractivity contribution in [3.05, 3.63) is 69.2 Å². The number of amides is 4. The fourth-order valence-corrected chi connectivity index (χ4v) is 4.56. The van der Waals surface area contributed by atoms with E-state index < -0.39 is 6.04 Å². The maximum absolute atomic E-state index is 13.3. The molecule has 9 heteroatoms. The largest absolute Gasteiger partial charge is 0.354 e. The highest BCUT2D eigenvalue weighted by molar-refractivity contribution is 6.35. The summed E-state index contributed by atoms with van der Waals surface area (Å²) in [5.41, 5.74) is 1.43. The maximum Gasteiger partial charge on any atom is 0.261 e. The minimum atomic E-state index is -0.680. The standard InChI is InChI=1S/C26H29Cl2N3O4/c1-3-13-29-24(33)22(4-2)31(16-17-11-12-18(27)15-21(17)28)23(32)10-7-14-30-25(34)19-8-5-6-9-20(19)26(30)35/h5-6,8-9,11-12,15,22H,3-4,7,10,13-14,16H2,1-2H3,(H,29,33). The predicted octanol–water partition coefficient (Wildman–Crippen LogP) is 4.70. The molecule has 186 valence electrons. The second kappa shape index (κ2) is 12.2. The molecule has 0 radical (unpaired) electrons. The molecule has 0 aromatic heterocycles. The third kappa shape index (κ3) is 6.21. The minimum absolute atomic E-state index is 0.0656. The Kier molecular flexibility index (Phi) is 9.29. The molecule has 1 atom stereocenters. The van der Waals surface area contributed by atoms with E-state index >= 15 is 0 Å². The molecule has 35 heavy (non-hydrogen) atoms. The van der Waals surface area contributed by atoms with Crippen molar-refractivity contribution < 1.29 is 19.2 Å². The molecule has 2 aromatic rings. The molecule has 0 bridgehead atoms. The number of fused-ring (bicyclic) bond motifs is 1. The van der Waals surface area contributed by atoms with Crippen LogP contribution in [0.4, 0.5) is 0 Å². The van der Waals surface area contributed by atoms with Crippen LogP contribution in [0.15, 0.2) is 42.5 Å². The summed E-state index contributed by atoms with van der Waals surface area (Å²) in [6.07, 6.45) is 1.54.